The molecule has 0 unspecified atom stereocenters. The number of hydrogen-bond acceptors (Lipinski definition) is 3. The molecule has 1 N–H and O–H groups in total. The monoisotopic (exact) mass is 283 g/mol. The number of thiophene rings is 1. The van der Waals surface area contributed by atoms with Gasteiger partial charge in [-0.2, -0.15) is 0 Å². The summed E-state index contributed by atoms with van der Waals surface area (Å²) in [5, 5.41) is 3.53. The molecular formula is C16H29NOS. The molecule has 0 bridgehead atoms. The van der Waals surface area contributed by atoms with Crippen LogP contribution in [0.15, 0.2) is 6.07 Å². The Morgan fingerprint density at radius 2 is 2.00 bits per heavy atom. The Kier molecular flexibility index (Phi) is 6.51. The second-order valence-electron chi connectivity index (χ2n) is 6.63. The molecule has 0 aliphatic rings. The average Bonchev–Trinajstić information content (AvgIpc) is 2.62. The molecule has 0 amide bonds. The fraction of sp³-hybridized carbons (Fsp3) is 0.750. The number of rotatable bonds is 7. The summed E-state index contributed by atoms with van der Waals surface area (Å²) in [6.07, 6.45) is 1.14. The van der Waals surface area contributed by atoms with Gasteiger partial charge in [0.25, 0.3) is 0 Å². The molecule has 0 aliphatic carbocycles. The summed E-state index contributed by atoms with van der Waals surface area (Å²) >= 11 is 1.88. The zero-order chi connectivity index (χ0) is 14.5. The first-order chi connectivity index (χ1) is 8.78. The van der Waals surface area contributed by atoms with Crippen molar-refractivity contribution >= 4 is 11.3 Å². The molecule has 1 rings (SSSR count). The van der Waals surface area contributed by atoms with Crippen LogP contribution in [-0.2, 0) is 17.9 Å². The molecule has 2 nitrogen and oxygen atoms in total. The van der Waals surface area contributed by atoms with Gasteiger partial charge in [-0.25, -0.2) is 0 Å². The summed E-state index contributed by atoms with van der Waals surface area (Å²) in [6, 6.07) is 2.29. The molecular weight excluding hydrogens is 254 g/mol. The summed E-state index contributed by atoms with van der Waals surface area (Å²) < 4.78 is 5.76. The minimum Gasteiger partial charge on any atom is -0.377 e. The molecule has 110 valence electrons. The van der Waals surface area contributed by atoms with E-state index in [2.05, 4.69) is 52.9 Å². The highest BCUT2D eigenvalue weighted by Crippen LogP contribution is 2.23. The van der Waals surface area contributed by atoms with Crippen molar-refractivity contribution < 1.29 is 4.74 Å². The van der Waals surface area contributed by atoms with E-state index >= 15 is 0 Å². The predicted molar refractivity (Wildman–Crippen MR) is 84.8 cm³/mol. The van der Waals surface area contributed by atoms with Crippen LogP contribution >= 0.6 is 11.3 Å². The van der Waals surface area contributed by atoms with Crippen LogP contribution in [-0.4, -0.2) is 12.1 Å². The second kappa shape index (κ2) is 7.41. The van der Waals surface area contributed by atoms with Crippen LogP contribution in [0.4, 0.5) is 0 Å². The van der Waals surface area contributed by atoms with Crippen LogP contribution in [0.1, 0.15) is 56.4 Å². The van der Waals surface area contributed by atoms with Gasteiger partial charge < -0.3 is 10.1 Å². The third kappa shape index (κ3) is 7.09. The number of ether oxygens (including phenoxy) is 1. The van der Waals surface area contributed by atoms with Gasteiger partial charge in [-0.15, -0.1) is 11.3 Å². The average molecular weight is 283 g/mol. The largest absolute Gasteiger partial charge is 0.377 e. The van der Waals surface area contributed by atoms with E-state index in [1.165, 1.54) is 15.3 Å². The van der Waals surface area contributed by atoms with Gasteiger partial charge >= 0.3 is 0 Å². The molecule has 0 saturated carbocycles. The van der Waals surface area contributed by atoms with E-state index in [1.54, 1.807) is 0 Å². The normalized spacial score (nSPS) is 12.4. The van der Waals surface area contributed by atoms with Gasteiger partial charge in [0.2, 0.25) is 0 Å². The Morgan fingerprint density at radius 3 is 2.58 bits per heavy atom. The van der Waals surface area contributed by atoms with E-state index in [1.807, 2.05) is 11.3 Å². The Morgan fingerprint density at radius 1 is 1.32 bits per heavy atom. The summed E-state index contributed by atoms with van der Waals surface area (Å²) in [4.78, 5) is 2.78. The minimum atomic E-state index is 0.172. The van der Waals surface area contributed by atoms with Crippen molar-refractivity contribution in [1.82, 2.24) is 5.32 Å². The molecule has 0 aliphatic heterocycles. The van der Waals surface area contributed by atoms with E-state index in [9.17, 15) is 0 Å². The zero-order valence-electron chi connectivity index (χ0n) is 13.3. The van der Waals surface area contributed by atoms with Crippen LogP contribution in [0.25, 0.3) is 0 Å². The Labute approximate surface area is 122 Å². The third-order valence-electron chi connectivity index (χ3n) is 2.96. The molecule has 0 spiro atoms. The van der Waals surface area contributed by atoms with Crippen molar-refractivity contribution in [3.8, 4) is 0 Å². The first-order valence-corrected chi connectivity index (χ1v) is 8.00. The van der Waals surface area contributed by atoms with Gasteiger partial charge in [-0.1, -0.05) is 13.8 Å². The van der Waals surface area contributed by atoms with Crippen LogP contribution in [0.5, 0.6) is 0 Å². The summed E-state index contributed by atoms with van der Waals surface area (Å²) in [7, 11) is 0. The van der Waals surface area contributed by atoms with Crippen LogP contribution in [0.3, 0.4) is 0 Å². The minimum absolute atomic E-state index is 0.172. The molecule has 19 heavy (non-hydrogen) atoms. The van der Waals surface area contributed by atoms with Crippen molar-refractivity contribution in [2.75, 3.05) is 6.61 Å². The Bertz CT molecular complexity index is 377. The maximum Gasteiger partial charge on any atom is 0.0727 e. The van der Waals surface area contributed by atoms with Crippen LogP contribution in [0, 0.1) is 12.8 Å². The third-order valence-corrected chi connectivity index (χ3v) is 4.05. The molecule has 1 heterocycles. The molecule has 0 saturated heterocycles. The van der Waals surface area contributed by atoms with Gasteiger partial charge in [0, 0.05) is 28.4 Å². The molecule has 1 aromatic rings. The molecule has 0 atom stereocenters. The van der Waals surface area contributed by atoms with Gasteiger partial charge in [0.15, 0.2) is 0 Å². The van der Waals surface area contributed by atoms with Crippen molar-refractivity contribution in [3.05, 3.63) is 21.4 Å². The summed E-state index contributed by atoms with van der Waals surface area (Å²) in [5.41, 5.74) is 1.52. The Balaban J connectivity index is 2.41. The SMILES string of the molecule is Cc1sc(CNC(C)(C)C)cc1COCCC(C)C. The highest BCUT2D eigenvalue weighted by Gasteiger charge is 2.11. The molecule has 3 heteroatoms. The predicted octanol–water partition coefficient (Wildman–Crippen LogP) is 4.51. The standard InChI is InChI=1S/C16H29NOS/c1-12(2)7-8-18-11-14-9-15(19-13(14)3)10-17-16(4,5)6/h9,12,17H,7-8,10-11H2,1-6H3. The first-order valence-electron chi connectivity index (χ1n) is 7.19. The van der Waals surface area contributed by atoms with Gasteiger partial charge in [0.1, 0.15) is 0 Å². The summed E-state index contributed by atoms with van der Waals surface area (Å²) in [5.74, 6) is 0.718. The maximum absolute atomic E-state index is 5.76. The lowest BCUT2D eigenvalue weighted by Crippen LogP contribution is -2.34. The fourth-order valence-corrected chi connectivity index (χ4v) is 2.66. The highest BCUT2D eigenvalue weighted by atomic mass is 32.1. The first kappa shape index (κ1) is 16.7. The van der Waals surface area contributed by atoms with E-state index < -0.39 is 0 Å². The molecule has 0 aromatic carbocycles. The van der Waals surface area contributed by atoms with E-state index in [-0.39, 0.29) is 5.54 Å². The second-order valence-corrected chi connectivity index (χ2v) is 7.97. The lowest BCUT2D eigenvalue weighted by atomic mass is 10.1. The number of nitrogens with one attached hydrogen (secondary N) is 1. The molecule has 0 fully saturated rings. The van der Waals surface area contributed by atoms with E-state index in [4.69, 9.17) is 4.74 Å². The van der Waals surface area contributed by atoms with Crippen molar-refractivity contribution in [3.63, 3.8) is 0 Å². The number of hydrogen-bond donors (Lipinski definition) is 1. The molecule has 1 aromatic heterocycles. The topological polar surface area (TPSA) is 21.3 Å². The fourth-order valence-electron chi connectivity index (χ4n) is 1.67. The van der Waals surface area contributed by atoms with Gasteiger partial charge in [0.05, 0.1) is 6.61 Å². The zero-order valence-corrected chi connectivity index (χ0v) is 14.1. The van der Waals surface area contributed by atoms with Crippen LogP contribution in [0.2, 0.25) is 0 Å². The van der Waals surface area contributed by atoms with Crippen molar-refractivity contribution in [1.29, 1.82) is 0 Å². The van der Waals surface area contributed by atoms with Gasteiger partial charge in [-0.05, 0) is 51.7 Å². The number of aryl methyl sites for hydroxylation is 1. The quantitative estimate of drug-likeness (QED) is 0.744. The van der Waals surface area contributed by atoms with Gasteiger partial charge in [-0.3, -0.25) is 0 Å². The lowest BCUT2D eigenvalue weighted by Gasteiger charge is -2.19. The lowest BCUT2D eigenvalue weighted by molar-refractivity contribution is 0.110. The van der Waals surface area contributed by atoms with Crippen LogP contribution < -0.4 is 5.32 Å². The van der Waals surface area contributed by atoms with E-state index in [0.29, 0.717) is 0 Å². The summed E-state index contributed by atoms with van der Waals surface area (Å²) in [6.45, 7) is 15.8. The Hall–Kier alpha value is -0.380. The maximum atomic E-state index is 5.76. The smallest absolute Gasteiger partial charge is 0.0727 e. The highest BCUT2D eigenvalue weighted by molar-refractivity contribution is 7.12. The molecule has 0 radical (unpaired) electrons. The van der Waals surface area contributed by atoms with Crippen molar-refractivity contribution in [2.24, 2.45) is 5.92 Å². The van der Waals surface area contributed by atoms with Crippen molar-refractivity contribution in [2.45, 2.75) is 66.7 Å². The van der Waals surface area contributed by atoms with E-state index in [0.717, 1.165) is 32.1 Å².